The second-order valence-electron chi connectivity index (χ2n) is 4.48. The van der Waals surface area contributed by atoms with Crippen molar-refractivity contribution in [2.75, 3.05) is 19.8 Å². The van der Waals surface area contributed by atoms with Gasteiger partial charge in [0.2, 0.25) is 0 Å². The van der Waals surface area contributed by atoms with Gasteiger partial charge in [-0.3, -0.25) is 4.98 Å². The Labute approximate surface area is 102 Å². The molecule has 2 N–H and O–H groups in total. The predicted molar refractivity (Wildman–Crippen MR) is 65.8 cm³/mol. The van der Waals surface area contributed by atoms with E-state index < -0.39 is 6.10 Å². The molecular formula is C13H20N2O2. The second-order valence-corrected chi connectivity index (χ2v) is 4.48. The Balaban J connectivity index is 1.50. The van der Waals surface area contributed by atoms with Crippen LogP contribution in [0.25, 0.3) is 0 Å². The summed E-state index contributed by atoms with van der Waals surface area (Å²) >= 11 is 0. The van der Waals surface area contributed by atoms with E-state index in [9.17, 15) is 5.11 Å². The van der Waals surface area contributed by atoms with Gasteiger partial charge in [-0.25, -0.2) is 0 Å². The molecular weight excluding hydrogens is 216 g/mol. The van der Waals surface area contributed by atoms with Crippen LogP contribution in [0.2, 0.25) is 0 Å². The number of nitrogens with one attached hydrogen (secondary N) is 1. The molecule has 1 aromatic rings. The highest BCUT2D eigenvalue weighted by Gasteiger charge is 2.21. The lowest BCUT2D eigenvalue weighted by Crippen LogP contribution is -2.31. The van der Waals surface area contributed by atoms with Gasteiger partial charge in [-0.05, 0) is 25.0 Å². The van der Waals surface area contributed by atoms with Crippen molar-refractivity contribution in [2.24, 2.45) is 0 Å². The number of pyridine rings is 1. The van der Waals surface area contributed by atoms with Gasteiger partial charge in [-0.2, -0.15) is 0 Å². The lowest BCUT2D eigenvalue weighted by molar-refractivity contribution is 0.0379. The Kier molecular flexibility index (Phi) is 4.91. The van der Waals surface area contributed by atoms with Crippen LogP contribution in [0, 0.1) is 0 Å². The minimum absolute atomic E-state index is 0.395. The summed E-state index contributed by atoms with van der Waals surface area (Å²) in [5.74, 6) is 0. The van der Waals surface area contributed by atoms with E-state index in [0.29, 0.717) is 25.8 Å². The molecule has 4 nitrogen and oxygen atoms in total. The molecule has 17 heavy (non-hydrogen) atoms. The molecule has 1 atom stereocenters. The summed E-state index contributed by atoms with van der Waals surface area (Å²) in [6.07, 6.45) is 4.66. The molecule has 94 valence electrons. The van der Waals surface area contributed by atoms with Gasteiger partial charge in [-0.1, -0.05) is 6.07 Å². The van der Waals surface area contributed by atoms with E-state index in [2.05, 4.69) is 10.3 Å². The number of nitrogens with zero attached hydrogens (tertiary/aromatic N) is 1. The summed E-state index contributed by atoms with van der Waals surface area (Å²) < 4.78 is 5.42. The highest BCUT2D eigenvalue weighted by atomic mass is 16.5. The first-order valence-electron chi connectivity index (χ1n) is 6.23. The number of rotatable bonds is 8. The summed E-state index contributed by atoms with van der Waals surface area (Å²) in [4.78, 5) is 4.21. The van der Waals surface area contributed by atoms with Crippen LogP contribution in [0.15, 0.2) is 24.4 Å². The molecule has 1 heterocycles. The van der Waals surface area contributed by atoms with E-state index in [-0.39, 0.29) is 0 Å². The molecule has 1 aliphatic carbocycles. The summed E-state index contributed by atoms with van der Waals surface area (Å²) in [6, 6.07) is 6.49. The lowest BCUT2D eigenvalue weighted by Gasteiger charge is -2.11. The van der Waals surface area contributed by atoms with Crippen molar-refractivity contribution in [1.29, 1.82) is 0 Å². The third kappa shape index (κ3) is 5.26. The van der Waals surface area contributed by atoms with Crippen molar-refractivity contribution in [2.45, 2.75) is 31.4 Å². The van der Waals surface area contributed by atoms with Crippen LogP contribution >= 0.6 is 0 Å². The second kappa shape index (κ2) is 6.69. The maximum absolute atomic E-state index is 9.62. The molecule has 0 aromatic carbocycles. The average Bonchev–Trinajstić information content (AvgIpc) is 3.17. The fourth-order valence-electron chi connectivity index (χ4n) is 1.59. The van der Waals surface area contributed by atoms with Crippen molar-refractivity contribution in [3.05, 3.63) is 30.1 Å². The predicted octanol–water partition coefficient (Wildman–Crippen LogP) is 0.754. The van der Waals surface area contributed by atoms with E-state index in [1.54, 1.807) is 6.20 Å². The molecule has 1 aromatic heterocycles. The number of hydrogen-bond donors (Lipinski definition) is 2. The van der Waals surface area contributed by atoms with Gasteiger partial charge in [-0.15, -0.1) is 0 Å². The fourth-order valence-corrected chi connectivity index (χ4v) is 1.59. The highest BCUT2D eigenvalue weighted by Crippen LogP contribution is 2.18. The summed E-state index contributed by atoms with van der Waals surface area (Å²) in [6.45, 7) is 1.64. The van der Waals surface area contributed by atoms with Gasteiger partial charge in [0.15, 0.2) is 0 Å². The first kappa shape index (κ1) is 12.5. The monoisotopic (exact) mass is 236 g/mol. The molecule has 0 bridgehead atoms. The maximum atomic E-state index is 9.62. The standard InChI is InChI=1S/C13H20N2O2/c16-13(9-15-12-4-5-12)10-17-8-6-11-3-1-2-7-14-11/h1-3,7,12-13,15-16H,4-6,8-10H2. The Bertz CT molecular complexity index is 314. The molecule has 0 amide bonds. The number of aromatic nitrogens is 1. The van der Waals surface area contributed by atoms with Gasteiger partial charge in [0.1, 0.15) is 0 Å². The molecule has 0 radical (unpaired) electrons. The van der Waals surface area contributed by atoms with Crippen molar-refractivity contribution in [1.82, 2.24) is 10.3 Å². The third-order valence-corrected chi connectivity index (χ3v) is 2.76. The zero-order chi connectivity index (χ0) is 11.9. The smallest absolute Gasteiger partial charge is 0.0897 e. The molecule has 1 unspecified atom stereocenters. The topological polar surface area (TPSA) is 54.4 Å². The van der Waals surface area contributed by atoms with Crippen LogP contribution in [-0.4, -0.2) is 42.0 Å². The first-order chi connectivity index (χ1) is 8.34. The fraction of sp³-hybridized carbons (Fsp3) is 0.615. The zero-order valence-corrected chi connectivity index (χ0v) is 10.0. The SMILES string of the molecule is OC(CNC1CC1)COCCc1ccccn1. The number of aliphatic hydroxyl groups is 1. The van der Waals surface area contributed by atoms with Crippen LogP contribution < -0.4 is 5.32 Å². The molecule has 2 rings (SSSR count). The molecule has 1 fully saturated rings. The number of ether oxygens (including phenoxy) is 1. The van der Waals surface area contributed by atoms with Crippen molar-refractivity contribution in [3.8, 4) is 0 Å². The van der Waals surface area contributed by atoms with E-state index >= 15 is 0 Å². The Morgan fingerprint density at radius 2 is 2.35 bits per heavy atom. The molecule has 0 spiro atoms. The van der Waals surface area contributed by atoms with E-state index in [4.69, 9.17) is 4.74 Å². The van der Waals surface area contributed by atoms with Crippen LogP contribution in [0.1, 0.15) is 18.5 Å². The van der Waals surface area contributed by atoms with E-state index in [1.165, 1.54) is 12.8 Å². The first-order valence-corrected chi connectivity index (χ1v) is 6.23. The summed E-state index contributed by atoms with van der Waals surface area (Å²) in [5, 5.41) is 12.9. The van der Waals surface area contributed by atoms with Crippen LogP contribution in [0.5, 0.6) is 0 Å². The van der Waals surface area contributed by atoms with Crippen LogP contribution in [-0.2, 0) is 11.2 Å². The average molecular weight is 236 g/mol. The van der Waals surface area contributed by atoms with E-state index in [1.807, 2.05) is 18.2 Å². The minimum Gasteiger partial charge on any atom is -0.389 e. The van der Waals surface area contributed by atoms with Crippen LogP contribution in [0.4, 0.5) is 0 Å². The Morgan fingerprint density at radius 3 is 3.06 bits per heavy atom. The van der Waals surface area contributed by atoms with Gasteiger partial charge in [0, 0.05) is 30.9 Å². The largest absolute Gasteiger partial charge is 0.389 e. The van der Waals surface area contributed by atoms with Crippen molar-refractivity contribution < 1.29 is 9.84 Å². The number of hydrogen-bond acceptors (Lipinski definition) is 4. The highest BCUT2D eigenvalue weighted by molar-refractivity contribution is 5.03. The van der Waals surface area contributed by atoms with Crippen LogP contribution in [0.3, 0.4) is 0 Å². The molecule has 0 saturated heterocycles. The summed E-state index contributed by atoms with van der Waals surface area (Å²) in [7, 11) is 0. The molecule has 0 aliphatic heterocycles. The zero-order valence-electron chi connectivity index (χ0n) is 10.0. The van der Waals surface area contributed by atoms with Crippen molar-refractivity contribution >= 4 is 0 Å². The van der Waals surface area contributed by atoms with Gasteiger partial charge in [0.05, 0.1) is 19.3 Å². The summed E-state index contributed by atoms with van der Waals surface area (Å²) in [5.41, 5.74) is 1.03. The molecule has 1 saturated carbocycles. The van der Waals surface area contributed by atoms with Crippen molar-refractivity contribution in [3.63, 3.8) is 0 Å². The van der Waals surface area contributed by atoms with Gasteiger partial charge < -0.3 is 15.2 Å². The Hall–Kier alpha value is -0.970. The third-order valence-electron chi connectivity index (χ3n) is 2.76. The molecule has 1 aliphatic rings. The quantitative estimate of drug-likeness (QED) is 0.654. The number of aliphatic hydroxyl groups excluding tert-OH is 1. The molecule has 4 heteroatoms. The minimum atomic E-state index is -0.403. The maximum Gasteiger partial charge on any atom is 0.0897 e. The van der Waals surface area contributed by atoms with Gasteiger partial charge >= 0.3 is 0 Å². The Morgan fingerprint density at radius 1 is 1.47 bits per heavy atom. The normalized spacial score (nSPS) is 17.0. The van der Waals surface area contributed by atoms with Gasteiger partial charge in [0.25, 0.3) is 0 Å². The lowest BCUT2D eigenvalue weighted by atomic mass is 10.3. The van der Waals surface area contributed by atoms with E-state index in [0.717, 1.165) is 12.1 Å².